The first-order valence-corrected chi connectivity index (χ1v) is 6.85. The van der Waals surface area contributed by atoms with E-state index in [1.54, 1.807) is 0 Å². The van der Waals surface area contributed by atoms with E-state index in [2.05, 4.69) is 19.1 Å². The number of rotatable bonds is 2. The minimum Gasteiger partial charge on any atom is -0.370 e. The fourth-order valence-corrected chi connectivity index (χ4v) is 2.63. The van der Waals surface area contributed by atoms with E-state index in [-0.39, 0.29) is 12.0 Å². The van der Waals surface area contributed by atoms with E-state index in [9.17, 15) is 4.79 Å². The molecule has 1 aromatic carbocycles. The van der Waals surface area contributed by atoms with E-state index < -0.39 is 5.54 Å². The molecule has 4 nitrogen and oxygen atoms in total. The largest absolute Gasteiger partial charge is 0.370 e. The molecule has 2 N–H and O–H groups in total. The van der Waals surface area contributed by atoms with Crippen LogP contribution in [0.3, 0.4) is 0 Å². The third kappa shape index (κ3) is 2.38. The number of nitrogens with two attached hydrogens (primary N) is 1. The molecule has 3 rings (SSSR count). The number of aryl methyl sites for hydroxylation is 1. The fraction of sp³-hybridized carbons (Fsp3) is 0.533. The van der Waals surface area contributed by atoms with Gasteiger partial charge in [-0.2, -0.15) is 0 Å². The zero-order chi connectivity index (χ0) is 13.5. The van der Waals surface area contributed by atoms with E-state index in [4.69, 9.17) is 10.5 Å². The predicted octanol–water partition coefficient (Wildman–Crippen LogP) is 1.39. The minimum atomic E-state index is -0.576. The Hall–Kier alpha value is -1.39. The van der Waals surface area contributed by atoms with Crippen molar-refractivity contribution in [1.82, 2.24) is 4.90 Å². The van der Waals surface area contributed by atoms with Crippen molar-refractivity contribution in [3.63, 3.8) is 0 Å². The fourth-order valence-electron chi connectivity index (χ4n) is 2.63. The van der Waals surface area contributed by atoms with Crippen LogP contribution in [0.5, 0.6) is 0 Å². The van der Waals surface area contributed by atoms with Crippen molar-refractivity contribution in [2.24, 2.45) is 5.73 Å². The van der Waals surface area contributed by atoms with Crippen LogP contribution in [0, 0.1) is 6.92 Å². The van der Waals surface area contributed by atoms with E-state index in [1.807, 2.05) is 17.0 Å². The zero-order valence-electron chi connectivity index (χ0n) is 11.3. The first kappa shape index (κ1) is 12.6. The maximum Gasteiger partial charge on any atom is 0.242 e. The summed E-state index contributed by atoms with van der Waals surface area (Å²) < 4.78 is 5.82. The van der Waals surface area contributed by atoms with Crippen LogP contribution in [0.2, 0.25) is 0 Å². The third-order valence-corrected chi connectivity index (χ3v) is 4.10. The van der Waals surface area contributed by atoms with Crippen LogP contribution in [-0.2, 0) is 9.53 Å². The second kappa shape index (κ2) is 4.62. The highest BCUT2D eigenvalue weighted by atomic mass is 16.5. The Morgan fingerprint density at radius 1 is 1.42 bits per heavy atom. The molecule has 19 heavy (non-hydrogen) atoms. The lowest BCUT2D eigenvalue weighted by atomic mass is 10.0. The number of benzene rings is 1. The Labute approximate surface area is 113 Å². The van der Waals surface area contributed by atoms with Crippen LogP contribution in [0.25, 0.3) is 0 Å². The van der Waals surface area contributed by atoms with Crippen molar-refractivity contribution in [3.8, 4) is 0 Å². The molecule has 1 amide bonds. The third-order valence-electron chi connectivity index (χ3n) is 4.10. The molecule has 1 saturated carbocycles. The van der Waals surface area contributed by atoms with Gasteiger partial charge in [0.05, 0.1) is 18.7 Å². The van der Waals surface area contributed by atoms with Crippen LogP contribution >= 0.6 is 0 Å². The summed E-state index contributed by atoms with van der Waals surface area (Å²) in [6, 6.07) is 8.18. The number of hydrogen-bond donors (Lipinski definition) is 1. The Morgan fingerprint density at radius 2 is 2.16 bits per heavy atom. The minimum absolute atomic E-state index is 0.0266. The van der Waals surface area contributed by atoms with Gasteiger partial charge in [0.15, 0.2) is 0 Å². The lowest BCUT2D eigenvalue weighted by molar-refractivity contribution is -0.141. The van der Waals surface area contributed by atoms with Gasteiger partial charge < -0.3 is 15.4 Å². The van der Waals surface area contributed by atoms with E-state index >= 15 is 0 Å². The predicted molar refractivity (Wildman–Crippen MR) is 72.6 cm³/mol. The molecule has 0 unspecified atom stereocenters. The number of carbonyl (C=O) groups excluding carboxylic acids is 1. The molecule has 1 aliphatic carbocycles. The Morgan fingerprint density at radius 3 is 2.84 bits per heavy atom. The van der Waals surface area contributed by atoms with Gasteiger partial charge in [-0.1, -0.05) is 24.3 Å². The molecule has 1 aliphatic heterocycles. The summed E-state index contributed by atoms with van der Waals surface area (Å²) in [4.78, 5) is 14.2. The molecule has 1 aromatic rings. The number of hydrogen-bond acceptors (Lipinski definition) is 3. The molecule has 1 saturated heterocycles. The maximum atomic E-state index is 12.3. The number of amides is 1. The van der Waals surface area contributed by atoms with Gasteiger partial charge in [0, 0.05) is 6.54 Å². The van der Waals surface area contributed by atoms with Gasteiger partial charge in [0.1, 0.15) is 6.10 Å². The molecule has 0 bridgehead atoms. The number of morpholine rings is 1. The van der Waals surface area contributed by atoms with Crippen LogP contribution in [0.1, 0.15) is 30.1 Å². The van der Waals surface area contributed by atoms with E-state index in [0.717, 1.165) is 12.8 Å². The molecule has 1 heterocycles. The van der Waals surface area contributed by atoms with Gasteiger partial charge in [-0.3, -0.25) is 4.79 Å². The summed E-state index contributed by atoms with van der Waals surface area (Å²) in [7, 11) is 0. The second-order valence-electron chi connectivity index (χ2n) is 5.62. The summed E-state index contributed by atoms with van der Waals surface area (Å²) in [5.74, 6) is 0.0920. The smallest absolute Gasteiger partial charge is 0.242 e. The average molecular weight is 260 g/mol. The number of nitrogens with zero attached hydrogens (tertiary/aromatic N) is 1. The summed E-state index contributed by atoms with van der Waals surface area (Å²) >= 11 is 0. The molecule has 0 aromatic heterocycles. The van der Waals surface area contributed by atoms with Gasteiger partial charge in [0.2, 0.25) is 5.91 Å². The SMILES string of the molecule is Cc1ccccc1[C@H]1CN(C(=O)C2(N)CC2)CCO1. The average Bonchev–Trinajstić information content (AvgIpc) is 3.18. The quantitative estimate of drug-likeness (QED) is 0.874. The molecule has 2 fully saturated rings. The molecule has 1 atom stereocenters. The van der Waals surface area contributed by atoms with Gasteiger partial charge in [-0.05, 0) is 30.9 Å². The van der Waals surface area contributed by atoms with Gasteiger partial charge >= 0.3 is 0 Å². The molecular formula is C15H20N2O2. The van der Waals surface area contributed by atoms with E-state index in [1.165, 1.54) is 11.1 Å². The Balaban J connectivity index is 1.75. The molecule has 102 valence electrons. The van der Waals surface area contributed by atoms with Crippen molar-refractivity contribution in [2.75, 3.05) is 19.7 Å². The van der Waals surface area contributed by atoms with Crippen molar-refractivity contribution >= 4 is 5.91 Å². The lowest BCUT2D eigenvalue weighted by Crippen LogP contribution is -2.50. The highest BCUT2D eigenvalue weighted by molar-refractivity contribution is 5.89. The first-order chi connectivity index (χ1) is 9.10. The molecule has 2 aliphatic rings. The monoisotopic (exact) mass is 260 g/mol. The van der Waals surface area contributed by atoms with Gasteiger partial charge in [-0.25, -0.2) is 0 Å². The molecule has 4 heteroatoms. The summed E-state index contributed by atoms with van der Waals surface area (Å²) in [5.41, 5.74) is 7.80. The number of carbonyl (C=O) groups is 1. The highest BCUT2D eigenvalue weighted by Crippen LogP contribution is 2.35. The maximum absolute atomic E-state index is 12.3. The van der Waals surface area contributed by atoms with Crippen molar-refractivity contribution in [3.05, 3.63) is 35.4 Å². The zero-order valence-corrected chi connectivity index (χ0v) is 11.3. The first-order valence-electron chi connectivity index (χ1n) is 6.85. The topological polar surface area (TPSA) is 55.6 Å². The number of ether oxygens (including phenoxy) is 1. The van der Waals surface area contributed by atoms with Crippen LogP contribution in [0.4, 0.5) is 0 Å². The standard InChI is InChI=1S/C15H20N2O2/c1-11-4-2-3-5-12(11)13-10-17(8-9-19-13)14(18)15(16)6-7-15/h2-5,13H,6-10,16H2,1H3/t13-/m1/s1. The van der Waals surface area contributed by atoms with E-state index in [0.29, 0.717) is 19.7 Å². The van der Waals surface area contributed by atoms with Crippen LogP contribution < -0.4 is 5.73 Å². The van der Waals surface area contributed by atoms with Crippen molar-refractivity contribution in [1.29, 1.82) is 0 Å². The summed E-state index contributed by atoms with van der Waals surface area (Å²) in [6.07, 6.45) is 1.61. The normalized spacial score (nSPS) is 25.2. The molecule has 0 spiro atoms. The lowest BCUT2D eigenvalue weighted by Gasteiger charge is -2.35. The summed E-state index contributed by atoms with van der Waals surface area (Å²) in [5, 5.41) is 0. The second-order valence-corrected chi connectivity index (χ2v) is 5.62. The molecular weight excluding hydrogens is 240 g/mol. The van der Waals surface area contributed by atoms with Gasteiger partial charge in [-0.15, -0.1) is 0 Å². The van der Waals surface area contributed by atoms with Gasteiger partial charge in [0.25, 0.3) is 0 Å². The van der Waals surface area contributed by atoms with Crippen LogP contribution in [0.15, 0.2) is 24.3 Å². The highest BCUT2D eigenvalue weighted by Gasteiger charge is 2.48. The Kier molecular flexibility index (Phi) is 3.07. The Bertz CT molecular complexity index is 497. The molecule has 0 radical (unpaired) electrons. The van der Waals surface area contributed by atoms with Crippen molar-refractivity contribution in [2.45, 2.75) is 31.4 Å². The van der Waals surface area contributed by atoms with Crippen LogP contribution in [-0.4, -0.2) is 36.0 Å². The summed E-state index contributed by atoms with van der Waals surface area (Å²) in [6.45, 7) is 3.92. The van der Waals surface area contributed by atoms with Crippen molar-refractivity contribution < 1.29 is 9.53 Å².